The topological polar surface area (TPSA) is 53.6 Å². The highest BCUT2D eigenvalue weighted by atomic mass is 32.2. The summed E-state index contributed by atoms with van der Waals surface area (Å²) in [6, 6.07) is 8.16. The summed E-state index contributed by atoms with van der Waals surface area (Å²) in [5.74, 6) is 0.938. The molecule has 5 heteroatoms. The summed E-state index contributed by atoms with van der Waals surface area (Å²) < 4.78 is 1.98. The molecule has 2 aliphatic heterocycles. The van der Waals surface area contributed by atoms with Crippen molar-refractivity contribution in [3.63, 3.8) is 0 Å². The zero-order valence-electron chi connectivity index (χ0n) is 6.77. The SMILES string of the molecule is NC1NN=C2c3ccccc3SN21. The van der Waals surface area contributed by atoms with Crippen LogP contribution < -0.4 is 11.2 Å². The minimum absolute atomic E-state index is 0.201. The molecule has 13 heavy (non-hydrogen) atoms. The summed E-state index contributed by atoms with van der Waals surface area (Å²) in [5.41, 5.74) is 9.77. The van der Waals surface area contributed by atoms with Gasteiger partial charge < -0.3 is 0 Å². The molecule has 0 saturated carbocycles. The molecule has 2 heterocycles. The lowest BCUT2D eigenvalue weighted by Gasteiger charge is -2.15. The zero-order valence-corrected chi connectivity index (χ0v) is 7.58. The number of nitrogens with two attached hydrogens (primary N) is 1. The lowest BCUT2D eigenvalue weighted by atomic mass is 10.2. The molecule has 1 unspecified atom stereocenters. The quantitative estimate of drug-likeness (QED) is 0.588. The van der Waals surface area contributed by atoms with Gasteiger partial charge in [0, 0.05) is 10.5 Å². The second-order valence-corrected chi connectivity index (χ2v) is 3.94. The first-order chi connectivity index (χ1) is 6.36. The van der Waals surface area contributed by atoms with Crippen LogP contribution in [0.3, 0.4) is 0 Å². The Bertz CT molecular complexity index is 389. The van der Waals surface area contributed by atoms with Gasteiger partial charge in [0.25, 0.3) is 0 Å². The van der Waals surface area contributed by atoms with E-state index < -0.39 is 0 Å². The molecule has 0 fully saturated rings. The Kier molecular flexibility index (Phi) is 1.33. The average Bonchev–Trinajstić information content (AvgIpc) is 2.67. The summed E-state index contributed by atoms with van der Waals surface area (Å²) in [7, 11) is 0. The molecule has 1 atom stereocenters. The van der Waals surface area contributed by atoms with Crippen LogP contribution in [0.25, 0.3) is 0 Å². The van der Waals surface area contributed by atoms with E-state index in [4.69, 9.17) is 5.73 Å². The van der Waals surface area contributed by atoms with Crippen molar-refractivity contribution in [2.24, 2.45) is 10.8 Å². The lowest BCUT2D eigenvalue weighted by Crippen LogP contribution is -2.41. The van der Waals surface area contributed by atoms with Gasteiger partial charge in [-0.15, -0.1) is 0 Å². The molecule has 2 aliphatic rings. The van der Waals surface area contributed by atoms with Gasteiger partial charge in [-0.25, -0.2) is 0 Å². The Morgan fingerprint density at radius 1 is 1.46 bits per heavy atom. The molecule has 4 nitrogen and oxygen atoms in total. The monoisotopic (exact) mass is 192 g/mol. The Morgan fingerprint density at radius 3 is 3.23 bits per heavy atom. The van der Waals surface area contributed by atoms with Crippen molar-refractivity contribution in [2.75, 3.05) is 0 Å². The maximum absolute atomic E-state index is 5.78. The van der Waals surface area contributed by atoms with Gasteiger partial charge >= 0.3 is 0 Å². The van der Waals surface area contributed by atoms with E-state index in [1.165, 1.54) is 4.90 Å². The second kappa shape index (κ2) is 2.40. The smallest absolute Gasteiger partial charge is 0.179 e. The molecule has 0 bridgehead atoms. The molecule has 3 rings (SSSR count). The third-order valence-corrected chi connectivity index (χ3v) is 3.24. The van der Waals surface area contributed by atoms with Crippen LogP contribution in [-0.4, -0.2) is 16.4 Å². The molecule has 1 aromatic rings. The minimum Gasteiger partial charge on any atom is -0.292 e. The van der Waals surface area contributed by atoms with Crippen LogP contribution in [0.4, 0.5) is 0 Å². The first-order valence-corrected chi connectivity index (χ1v) is 4.79. The number of nitrogens with zero attached hydrogens (tertiary/aromatic N) is 2. The highest BCUT2D eigenvalue weighted by Crippen LogP contribution is 2.37. The van der Waals surface area contributed by atoms with E-state index in [0.29, 0.717) is 0 Å². The van der Waals surface area contributed by atoms with Crippen molar-refractivity contribution in [3.8, 4) is 0 Å². The van der Waals surface area contributed by atoms with Crippen LogP contribution in [0.2, 0.25) is 0 Å². The van der Waals surface area contributed by atoms with Crippen molar-refractivity contribution in [1.82, 2.24) is 9.73 Å². The summed E-state index contributed by atoms with van der Waals surface area (Å²) >= 11 is 1.63. The summed E-state index contributed by atoms with van der Waals surface area (Å²) in [6.45, 7) is 0. The van der Waals surface area contributed by atoms with Gasteiger partial charge in [-0.2, -0.15) is 5.10 Å². The van der Waals surface area contributed by atoms with Gasteiger partial charge in [0.05, 0.1) is 0 Å². The standard InChI is InChI=1S/C8H8N4S/c9-8-11-10-7-5-3-1-2-4-6(5)13-12(7)8/h1-4,8,11H,9H2. The predicted octanol–water partition coefficient (Wildman–Crippen LogP) is 0.516. The normalized spacial score (nSPS) is 23.6. The number of hydrazone groups is 1. The molecule has 0 aliphatic carbocycles. The number of rotatable bonds is 0. The molecule has 1 aromatic carbocycles. The van der Waals surface area contributed by atoms with E-state index in [0.717, 1.165) is 11.4 Å². The van der Waals surface area contributed by atoms with Crippen molar-refractivity contribution in [2.45, 2.75) is 11.2 Å². The number of hydrogen-bond acceptors (Lipinski definition) is 5. The summed E-state index contributed by atoms with van der Waals surface area (Å²) in [4.78, 5) is 1.22. The number of benzene rings is 1. The fraction of sp³-hybridized carbons (Fsp3) is 0.125. The highest BCUT2D eigenvalue weighted by Gasteiger charge is 2.34. The molecule has 0 aromatic heterocycles. The first kappa shape index (κ1) is 7.23. The van der Waals surface area contributed by atoms with Gasteiger partial charge in [-0.1, -0.05) is 12.1 Å². The molecule has 66 valence electrons. The molecular formula is C8H8N4S. The Hall–Kier alpha value is -1.20. The lowest BCUT2D eigenvalue weighted by molar-refractivity contribution is 0.457. The molecular weight excluding hydrogens is 184 g/mol. The molecule has 0 radical (unpaired) electrons. The van der Waals surface area contributed by atoms with Crippen LogP contribution in [0, 0.1) is 0 Å². The largest absolute Gasteiger partial charge is 0.292 e. The number of amidine groups is 1. The number of nitrogens with one attached hydrogen (secondary N) is 1. The van der Waals surface area contributed by atoms with E-state index in [2.05, 4.69) is 22.7 Å². The van der Waals surface area contributed by atoms with Gasteiger partial charge in [-0.05, 0) is 24.1 Å². The van der Waals surface area contributed by atoms with Gasteiger partial charge in [0.15, 0.2) is 12.1 Å². The van der Waals surface area contributed by atoms with Crippen molar-refractivity contribution < 1.29 is 0 Å². The fourth-order valence-corrected chi connectivity index (χ4v) is 2.47. The van der Waals surface area contributed by atoms with E-state index in [1.54, 1.807) is 11.9 Å². The van der Waals surface area contributed by atoms with E-state index >= 15 is 0 Å². The van der Waals surface area contributed by atoms with E-state index in [1.807, 2.05) is 16.4 Å². The maximum Gasteiger partial charge on any atom is 0.179 e. The molecule has 0 saturated heterocycles. The number of fused-ring (bicyclic) bond motifs is 3. The Balaban J connectivity index is 2.14. The van der Waals surface area contributed by atoms with Crippen molar-refractivity contribution in [3.05, 3.63) is 29.8 Å². The second-order valence-electron chi connectivity index (χ2n) is 2.92. The van der Waals surface area contributed by atoms with Crippen molar-refractivity contribution >= 4 is 17.8 Å². The Labute approximate surface area is 79.9 Å². The van der Waals surface area contributed by atoms with E-state index in [9.17, 15) is 0 Å². The van der Waals surface area contributed by atoms with Crippen LogP contribution >= 0.6 is 11.9 Å². The summed E-state index contributed by atoms with van der Waals surface area (Å²) in [6.07, 6.45) is -0.201. The first-order valence-electron chi connectivity index (χ1n) is 4.02. The molecule has 0 spiro atoms. The zero-order chi connectivity index (χ0) is 8.84. The minimum atomic E-state index is -0.201. The van der Waals surface area contributed by atoms with Crippen molar-refractivity contribution in [1.29, 1.82) is 0 Å². The average molecular weight is 192 g/mol. The van der Waals surface area contributed by atoms with Gasteiger partial charge in [0.2, 0.25) is 0 Å². The maximum atomic E-state index is 5.78. The van der Waals surface area contributed by atoms with Crippen LogP contribution in [0.1, 0.15) is 5.56 Å². The Morgan fingerprint density at radius 2 is 2.31 bits per heavy atom. The molecule has 0 amide bonds. The van der Waals surface area contributed by atoms with Gasteiger partial charge in [-0.3, -0.25) is 15.5 Å². The van der Waals surface area contributed by atoms with Crippen LogP contribution in [0.5, 0.6) is 0 Å². The third kappa shape index (κ3) is 0.882. The predicted molar refractivity (Wildman–Crippen MR) is 51.8 cm³/mol. The fourth-order valence-electron chi connectivity index (χ4n) is 1.48. The van der Waals surface area contributed by atoms with Crippen LogP contribution in [-0.2, 0) is 0 Å². The van der Waals surface area contributed by atoms with Gasteiger partial charge in [0.1, 0.15) is 0 Å². The third-order valence-electron chi connectivity index (χ3n) is 2.09. The summed E-state index contributed by atoms with van der Waals surface area (Å²) in [5, 5.41) is 4.17. The van der Waals surface area contributed by atoms with E-state index in [-0.39, 0.29) is 6.29 Å². The molecule has 3 N–H and O–H groups in total. The highest BCUT2D eigenvalue weighted by molar-refractivity contribution is 7.98. The number of hydrogen-bond donors (Lipinski definition) is 2. The van der Waals surface area contributed by atoms with Crippen LogP contribution in [0.15, 0.2) is 34.3 Å².